The second-order valence-corrected chi connectivity index (χ2v) is 3.48. The molecule has 3 nitrogen and oxygen atoms in total. The maximum absolute atomic E-state index is 13.1. The lowest BCUT2D eigenvalue weighted by Crippen LogP contribution is -2.22. The van der Waals surface area contributed by atoms with Crippen molar-refractivity contribution in [3.63, 3.8) is 0 Å². The van der Waals surface area contributed by atoms with Gasteiger partial charge in [0.05, 0.1) is 11.6 Å². The van der Waals surface area contributed by atoms with Crippen LogP contribution in [0, 0.1) is 5.82 Å². The molecule has 0 amide bonds. The maximum Gasteiger partial charge on any atom is 0.128 e. The fraction of sp³-hybridized carbons (Fsp3) is 0.400. The van der Waals surface area contributed by atoms with Crippen LogP contribution >= 0.6 is 11.6 Å². The van der Waals surface area contributed by atoms with Crippen LogP contribution in [0.3, 0.4) is 0 Å². The number of ether oxygens (including phenoxy) is 1. The fourth-order valence-corrected chi connectivity index (χ4v) is 1.65. The van der Waals surface area contributed by atoms with Gasteiger partial charge in [-0.25, -0.2) is 4.39 Å². The van der Waals surface area contributed by atoms with Crippen LogP contribution in [0.15, 0.2) is 12.1 Å². The fourth-order valence-electron chi connectivity index (χ4n) is 1.31. The first kappa shape index (κ1) is 12.2. The predicted octanol–water partition coefficient (Wildman–Crippen LogP) is 1.84. The molecule has 15 heavy (non-hydrogen) atoms. The Kier molecular flexibility index (Phi) is 4.32. The van der Waals surface area contributed by atoms with Gasteiger partial charge in [0.2, 0.25) is 0 Å². The molecule has 4 N–H and O–H groups in total. The summed E-state index contributed by atoms with van der Waals surface area (Å²) in [6.07, 6.45) is 0. The van der Waals surface area contributed by atoms with Gasteiger partial charge in [-0.2, -0.15) is 0 Å². The van der Waals surface area contributed by atoms with Gasteiger partial charge < -0.3 is 16.2 Å². The molecule has 0 aromatic heterocycles. The molecule has 1 rings (SSSR count). The topological polar surface area (TPSA) is 61.3 Å². The van der Waals surface area contributed by atoms with Crippen molar-refractivity contribution in [1.29, 1.82) is 0 Å². The molecule has 0 saturated heterocycles. The molecule has 1 aromatic carbocycles. The van der Waals surface area contributed by atoms with Crippen molar-refractivity contribution in [3.8, 4) is 5.75 Å². The van der Waals surface area contributed by atoms with Crippen LogP contribution in [0.1, 0.15) is 18.5 Å². The smallest absolute Gasteiger partial charge is 0.128 e. The second-order valence-electron chi connectivity index (χ2n) is 3.07. The summed E-state index contributed by atoms with van der Waals surface area (Å²) >= 11 is 5.89. The van der Waals surface area contributed by atoms with Crippen molar-refractivity contribution in [3.05, 3.63) is 28.5 Å². The van der Waals surface area contributed by atoms with Gasteiger partial charge in [0.25, 0.3) is 0 Å². The Labute approximate surface area is 93.2 Å². The molecular weight excluding hydrogens is 219 g/mol. The van der Waals surface area contributed by atoms with E-state index in [1.54, 1.807) is 6.92 Å². The van der Waals surface area contributed by atoms with Gasteiger partial charge in [0.1, 0.15) is 11.6 Å². The summed E-state index contributed by atoms with van der Waals surface area (Å²) < 4.78 is 18.3. The summed E-state index contributed by atoms with van der Waals surface area (Å²) in [4.78, 5) is 0. The van der Waals surface area contributed by atoms with E-state index in [0.717, 1.165) is 0 Å². The van der Waals surface area contributed by atoms with E-state index in [2.05, 4.69) is 0 Å². The molecule has 1 unspecified atom stereocenters. The molecule has 0 spiro atoms. The number of nitrogens with two attached hydrogens (primary N) is 2. The predicted molar refractivity (Wildman–Crippen MR) is 58.6 cm³/mol. The summed E-state index contributed by atoms with van der Waals surface area (Å²) in [5.41, 5.74) is 11.8. The molecule has 5 heteroatoms. The van der Waals surface area contributed by atoms with Gasteiger partial charge in [-0.3, -0.25) is 0 Å². The molecule has 0 aliphatic carbocycles. The Morgan fingerprint density at radius 3 is 2.73 bits per heavy atom. The Hall–Kier alpha value is -0.840. The molecule has 0 fully saturated rings. The number of hydrogen-bond donors (Lipinski definition) is 2. The van der Waals surface area contributed by atoms with Gasteiger partial charge in [0.15, 0.2) is 0 Å². The number of benzene rings is 1. The average Bonchev–Trinajstić information content (AvgIpc) is 2.16. The standard InChI is InChI=1S/C10H14ClFN2O/c1-2-15-9-4-6(12)3-7(11)10(9)8(14)5-13/h3-4,8H,2,5,13-14H2,1H3. The minimum absolute atomic E-state index is 0.228. The van der Waals surface area contributed by atoms with Gasteiger partial charge in [-0.1, -0.05) is 11.6 Å². The summed E-state index contributed by atoms with van der Waals surface area (Å²) in [5, 5.41) is 0.247. The van der Waals surface area contributed by atoms with Crippen LogP contribution in [-0.4, -0.2) is 13.2 Å². The van der Waals surface area contributed by atoms with Gasteiger partial charge in [-0.15, -0.1) is 0 Å². The van der Waals surface area contributed by atoms with E-state index in [4.69, 9.17) is 27.8 Å². The normalized spacial score (nSPS) is 12.6. The quantitative estimate of drug-likeness (QED) is 0.833. The summed E-state index contributed by atoms with van der Waals surface area (Å²) in [5.74, 6) is -0.0862. The first-order valence-corrected chi connectivity index (χ1v) is 5.05. The molecule has 1 aromatic rings. The zero-order chi connectivity index (χ0) is 11.4. The lowest BCUT2D eigenvalue weighted by Gasteiger charge is -2.16. The molecule has 0 aliphatic heterocycles. The summed E-state index contributed by atoms with van der Waals surface area (Å²) in [6.45, 7) is 2.45. The third-order valence-electron chi connectivity index (χ3n) is 1.98. The summed E-state index contributed by atoms with van der Waals surface area (Å²) in [7, 11) is 0. The monoisotopic (exact) mass is 232 g/mol. The molecule has 0 bridgehead atoms. The molecule has 1 atom stereocenters. The minimum Gasteiger partial charge on any atom is -0.493 e. The van der Waals surface area contributed by atoms with Gasteiger partial charge >= 0.3 is 0 Å². The van der Waals surface area contributed by atoms with Crippen LogP contribution in [0.25, 0.3) is 0 Å². The van der Waals surface area contributed by atoms with E-state index in [1.165, 1.54) is 12.1 Å². The first-order valence-electron chi connectivity index (χ1n) is 4.67. The maximum atomic E-state index is 13.1. The molecule has 84 valence electrons. The average molecular weight is 233 g/mol. The van der Waals surface area contributed by atoms with Crippen LogP contribution in [0.2, 0.25) is 5.02 Å². The highest BCUT2D eigenvalue weighted by atomic mass is 35.5. The first-order chi connectivity index (χ1) is 7.10. The lowest BCUT2D eigenvalue weighted by molar-refractivity contribution is 0.332. The van der Waals surface area contributed by atoms with E-state index in [0.29, 0.717) is 17.9 Å². The minimum atomic E-state index is -0.448. The zero-order valence-electron chi connectivity index (χ0n) is 8.47. The Bertz CT molecular complexity index is 346. The van der Waals surface area contributed by atoms with Crippen molar-refractivity contribution in [2.75, 3.05) is 13.2 Å². The van der Waals surface area contributed by atoms with Crippen molar-refractivity contribution in [1.82, 2.24) is 0 Å². The molecular formula is C10H14ClFN2O. The van der Waals surface area contributed by atoms with Crippen molar-refractivity contribution < 1.29 is 9.13 Å². The Morgan fingerprint density at radius 2 is 2.20 bits per heavy atom. The van der Waals surface area contributed by atoms with E-state index in [1.807, 2.05) is 0 Å². The Balaban J connectivity index is 3.20. The lowest BCUT2D eigenvalue weighted by atomic mass is 10.1. The molecule has 0 saturated carbocycles. The second kappa shape index (κ2) is 5.30. The molecule has 0 radical (unpaired) electrons. The van der Waals surface area contributed by atoms with Crippen LogP contribution in [0.5, 0.6) is 5.75 Å². The van der Waals surface area contributed by atoms with E-state index in [9.17, 15) is 4.39 Å². The highest BCUT2D eigenvalue weighted by molar-refractivity contribution is 6.31. The SMILES string of the molecule is CCOc1cc(F)cc(Cl)c1C(N)CN. The van der Waals surface area contributed by atoms with E-state index < -0.39 is 11.9 Å². The van der Waals surface area contributed by atoms with Crippen LogP contribution < -0.4 is 16.2 Å². The highest BCUT2D eigenvalue weighted by Crippen LogP contribution is 2.32. The van der Waals surface area contributed by atoms with E-state index >= 15 is 0 Å². The van der Waals surface area contributed by atoms with Gasteiger partial charge in [-0.05, 0) is 13.0 Å². The van der Waals surface area contributed by atoms with Crippen LogP contribution in [-0.2, 0) is 0 Å². The molecule has 0 aliphatic rings. The third-order valence-corrected chi connectivity index (χ3v) is 2.29. The van der Waals surface area contributed by atoms with Crippen molar-refractivity contribution in [2.24, 2.45) is 11.5 Å². The Morgan fingerprint density at radius 1 is 1.53 bits per heavy atom. The molecule has 0 heterocycles. The van der Waals surface area contributed by atoms with Gasteiger partial charge in [0, 0.05) is 24.2 Å². The number of rotatable bonds is 4. The number of halogens is 2. The highest BCUT2D eigenvalue weighted by Gasteiger charge is 2.16. The van der Waals surface area contributed by atoms with Crippen molar-refractivity contribution >= 4 is 11.6 Å². The largest absolute Gasteiger partial charge is 0.493 e. The summed E-state index contributed by atoms with van der Waals surface area (Å²) in [6, 6.07) is 2.02. The van der Waals surface area contributed by atoms with E-state index in [-0.39, 0.29) is 11.6 Å². The number of hydrogen-bond acceptors (Lipinski definition) is 3. The third kappa shape index (κ3) is 2.81. The zero-order valence-corrected chi connectivity index (χ0v) is 9.22. The van der Waals surface area contributed by atoms with Crippen molar-refractivity contribution in [2.45, 2.75) is 13.0 Å². The van der Waals surface area contributed by atoms with Crippen LogP contribution in [0.4, 0.5) is 4.39 Å².